The number of halogens is 1. The van der Waals surface area contributed by atoms with Crippen molar-refractivity contribution in [2.45, 2.75) is 25.9 Å². The molecule has 0 atom stereocenters. The van der Waals surface area contributed by atoms with Crippen LogP contribution >= 0.6 is 11.6 Å². The van der Waals surface area contributed by atoms with Crippen LogP contribution in [0.25, 0.3) is 28.5 Å². The molecular weight excluding hydrogens is 380 g/mol. The van der Waals surface area contributed by atoms with E-state index in [2.05, 4.69) is 20.2 Å². The first-order valence-electron chi connectivity index (χ1n) is 8.77. The molecule has 28 heavy (non-hydrogen) atoms. The summed E-state index contributed by atoms with van der Waals surface area (Å²) < 4.78 is 9.04. The monoisotopic (exact) mass is 396 g/mol. The number of imidazole rings is 1. The van der Waals surface area contributed by atoms with Crippen LogP contribution in [0, 0.1) is 0 Å². The van der Waals surface area contributed by atoms with Crippen LogP contribution in [0.3, 0.4) is 0 Å². The molecule has 0 saturated heterocycles. The summed E-state index contributed by atoms with van der Waals surface area (Å²) in [6.07, 6.45) is 4.32. The quantitative estimate of drug-likeness (QED) is 0.492. The molecule has 0 spiro atoms. The number of fused-ring (bicyclic) bond motifs is 5. The van der Waals surface area contributed by atoms with E-state index >= 15 is 0 Å². The second-order valence-corrected chi connectivity index (χ2v) is 7.84. The molecule has 0 bridgehead atoms. The maximum atomic E-state index is 10.1. The summed E-state index contributed by atoms with van der Waals surface area (Å²) in [5, 5.41) is 19.4. The number of nitrogens with zero attached hydrogens (tertiary/aromatic N) is 6. The molecule has 142 valence electrons. The highest BCUT2D eigenvalue weighted by molar-refractivity contribution is 6.31. The van der Waals surface area contributed by atoms with Gasteiger partial charge in [0.05, 0.1) is 17.1 Å². The number of aromatic nitrogens is 6. The number of hydrogen-bond acceptors (Lipinski definition) is 6. The molecule has 1 aromatic carbocycles. The van der Waals surface area contributed by atoms with E-state index in [0.29, 0.717) is 23.0 Å². The minimum atomic E-state index is -1.22. The molecule has 0 fully saturated rings. The van der Waals surface area contributed by atoms with E-state index in [-0.39, 0.29) is 5.89 Å². The zero-order valence-electron chi connectivity index (χ0n) is 15.5. The van der Waals surface area contributed by atoms with Gasteiger partial charge >= 0.3 is 0 Å². The number of rotatable bonds is 2. The van der Waals surface area contributed by atoms with Crippen LogP contribution in [0.5, 0.6) is 0 Å². The molecule has 9 heteroatoms. The van der Waals surface area contributed by atoms with Crippen LogP contribution in [-0.2, 0) is 19.1 Å². The SMILES string of the molecule is Cn1cc2c(n1)-c1cc(Cl)ccc1-n1cnc(-c3noc(C(C)(C)O)n3)c1C2. The van der Waals surface area contributed by atoms with Crippen molar-refractivity contribution in [3.8, 4) is 28.5 Å². The third kappa shape index (κ3) is 2.56. The van der Waals surface area contributed by atoms with Crippen molar-refractivity contribution >= 4 is 11.6 Å². The molecule has 0 unspecified atom stereocenters. The van der Waals surface area contributed by atoms with Crippen molar-refractivity contribution in [2.24, 2.45) is 7.05 Å². The molecule has 4 aromatic rings. The second-order valence-electron chi connectivity index (χ2n) is 7.41. The summed E-state index contributed by atoms with van der Waals surface area (Å²) in [6.45, 7) is 3.19. The Kier molecular flexibility index (Phi) is 3.53. The standard InChI is InChI=1S/C19H17ClN6O2/c1-19(2,27)18-22-17(24-28-18)16-14-6-10-8-25(3)23-15(10)12-7-11(20)4-5-13(12)26(14)9-21-16/h4-5,7-9,27H,6H2,1-3H3. The molecule has 0 amide bonds. The fourth-order valence-electron chi connectivity index (χ4n) is 3.49. The van der Waals surface area contributed by atoms with Gasteiger partial charge < -0.3 is 14.2 Å². The van der Waals surface area contributed by atoms with Gasteiger partial charge in [-0.2, -0.15) is 10.1 Å². The number of hydrogen-bond donors (Lipinski definition) is 1. The van der Waals surface area contributed by atoms with Gasteiger partial charge in [0, 0.05) is 35.8 Å². The minimum Gasteiger partial charge on any atom is -0.381 e. The molecular formula is C19H17ClN6O2. The van der Waals surface area contributed by atoms with Gasteiger partial charge in [-0.1, -0.05) is 16.8 Å². The lowest BCUT2D eigenvalue weighted by molar-refractivity contribution is 0.0420. The molecule has 4 heterocycles. The number of aryl methyl sites for hydroxylation is 1. The lowest BCUT2D eigenvalue weighted by atomic mass is 10.0. The molecule has 8 nitrogen and oxygen atoms in total. The van der Waals surface area contributed by atoms with Crippen molar-refractivity contribution in [2.75, 3.05) is 0 Å². The van der Waals surface area contributed by atoms with E-state index in [1.807, 2.05) is 36.0 Å². The van der Waals surface area contributed by atoms with Gasteiger partial charge in [0.25, 0.3) is 5.89 Å². The number of benzene rings is 1. The lowest BCUT2D eigenvalue weighted by Crippen LogP contribution is -2.15. The van der Waals surface area contributed by atoms with Crippen LogP contribution in [-0.4, -0.2) is 34.6 Å². The Morgan fingerprint density at radius 1 is 1.25 bits per heavy atom. The summed E-state index contributed by atoms with van der Waals surface area (Å²) >= 11 is 6.26. The zero-order valence-corrected chi connectivity index (χ0v) is 16.3. The van der Waals surface area contributed by atoms with E-state index in [4.69, 9.17) is 16.1 Å². The highest BCUT2D eigenvalue weighted by atomic mass is 35.5. The van der Waals surface area contributed by atoms with E-state index in [9.17, 15) is 5.11 Å². The van der Waals surface area contributed by atoms with Crippen LogP contribution < -0.4 is 0 Å². The first-order valence-corrected chi connectivity index (χ1v) is 9.15. The largest absolute Gasteiger partial charge is 0.381 e. The van der Waals surface area contributed by atoms with Gasteiger partial charge in [0.1, 0.15) is 17.6 Å². The Labute approximate surface area is 165 Å². The third-order valence-electron chi connectivity index (χ3n) is 4.76. The normalized spacial score (nSPS) is 13.0. The Balaban J connectivity index is 1.73. The van der Waals surface area contributed by atoms with E-state index in [1.54, 1.807) is 24.9 Å². The van der Waals surface area contributed by atoms with Crippen molar-refractivity contribution in [1.29, 1.82) is 0 Å². The van der Waals surface area contributed by atoms with Crippen molar-refractivity contribution in [1.82, 2.24) is 29.5 Å². The summed E-state index contributed by atoms with van der Waals surface area (Å²) in [5.74, 6) is 0.487. The Hall–Kier alpha value is -2.97. The second kappa shape index (κ2) is 5.76. The Bertz CT molecular complexity index is 1210. The molecule has 1 N–H and O–H groups in total. The average molecular weight is 397 g/mol. The highest BCUT2D eigenvalue weighted by Gasteiger charge is 2.29. The van der Waals surface area contributed by atoms with Gasteiger partial charge in [0.2, 0.25) is 5.82 Å². The highest BCUT2D eigenvalue weighted by Crippen LogP contribution is 2.38. The van der Waals surface area contributed by atoms with E-state index in [1.165, 1.54) is 0 Å². The smallest absolute Gasteiger partial charge is 0.258 e. The van der Waals surface area contributed by atoms with Gasteiger partial charge in [-0.25, -0.2) is 4.98 Å². The van der Waals surface area contributed by atoms with Gasteiger partial charge in [-0.3, -0.25) is 4.68 Å². The molecule has 0 saturated carbocycles. The Morgan fingerprint density at radius 2 is 2.07 bits per heavy atom. The van der Waals surface area contributed by atoms with Crippen molar-refractivity contribution in [3.05, 3.63) is 52.9 Å². The number of aliphatic hydroxyl groups is 1. The summed E-state index contributed by atoms with van der Waals surface area (Å²) in [6, 6.07) is 5.71. The topological polar surface area (TPSA) is 94.8 Å². The van der Waals surface area contributed by atoms with E-state index < -0.39 is 5.60 Å². The van der Waals surface area contributed by atoms with Crippen LogP contribution in [0.15, 0.2) is 35.2 Å². The Morgan fingerprint density at radius 3 is 2.82 bits per heavy atom. The lowest BCUT2D eigenvalue weighted by Gasteiger charge is -2.10. The predicted octanol–water partition coefficient (Wildman–Crippen LogP) is 3.11. The average Bonchev–Trinajstić information content (AvgIpc) is 3.32. The molecule has 3 aromatic heterocycles. The maximum Gasteiger partial charge on any atom is 0.258 e. The van der Waals surface area contributed by atoms with E-state index in [0.717, 1.165) is 28.2 Å². The van der Waals surface area contributed by atoms with Crippen molar-refractivity contribution in [3.63, 3.8) is 0 Å². The van der Waals surface area contributed by atoms with Crippen molar-refractivity contribution < 1.29 is 9.63 Å². The predicted molar refractivity (Wildman–Crippen MR) is 102 cm³/mol. The van der Waals surface area contributed by atoms with Crippen LogP contribution in [0.2, 0.25) is 5.02 Å². The fourth-order valence-corrected chi connectivity index (χ4v) is 3.66. The van der Waals surface area contributed by atoms with Gasteiger partial charge in [-0.15, -0.1) is 0 Å². The van der Waals surface area contributed by atoms with Gasteiger partial charge in [-0.05, 0) is 32.0 Å². The first kappa shape index (κ1) is 17.2. The molecule has 0 radical (unpaired) electrons. The molecule has 1 aliphatic heterocycles. The molecule has 5 rings (SSSR count). The summed E-state index contributed by atoms with van der Waals surface area (Å²) in [4.78, 5) is 8.89. The first-order chi connectivity index (χ1) is 13.3. The molecule has 0 aliphatic carbocycles. The zero-order chi connectivity index (χ0) is 19.6. The fraction of sp³-hybridized carbons (Fsp3) is 0.263. The summed E-state index contributed by atoms with van der Waals surface area (Å²) in [5.41, 5.74) is 4.12. The third-order valence-corrected chi connectivity index (χ3v) is 5.00. The molecule has 1 aliphatic rings. The minimum absolute atomic E-state index is 0.145. The maximum absolute atomic E-state index is 10.1. The van der Waals surface area contributed by atoms with Crippen LogP contribution in [0.4, 0.5) is 0 Å². The van der Waals surface area contributed by atoms with Gasteiger partial charge in [0.15, 0.2) is 0 Å². The van der Waals surface area contributed by atoms with Crippen LogP contribution in [0.1, 0.15) is 31.0 Å². The summed E-state index contributed by atoms with van der Waals surface area (Å²) in [7, 11) is 1.89.